The molecule has 9 heteroatoms. The molecule has 3 aromatic heterocycles. The molecule has 4 rings (SSSR count). The Labute approximate surface area is 168 Å². The Morgan fingerprint density at radius 1 is 1.28 bits per heavy atom. The summed E-state index contributed by atoms with van der Waals surface area (Å²) in [4.78, 5) is 5.20. The van der Waals surface area contributed by atoms with Crippen LogP contribution in [-0.2, 0) is 19.1 Å². The molecule has 0 aliphatic rings. The Morgan fingerprint density at radius 3 is 2.76 bits per heavy atom. The Bertz CT molecular complexity index is 1200. The monoisotopic (exact) mass is 416 g/mol. The molecule has 0 aliphatic carbocycles. The van der Waals surface area contributed by atoms with Gasteiger partial charge in [-0.05, 0) is 36.1 Å². The lowest BCUT2D eigenvalue weighted by molar-refractivity contribution is -0.136. The number of hydrogen-bond donors (Lipinski definition) is 0. The van der Waals surface area contributed by atoms with Gasteiger partial charge in [0.2, 0.25) is 0 Å². The summed E-state index contributed by atoms with van der Waals surface area (Å²) in [6, 6.07) is 9.65. The first-order valence-corrected chi connectivity index (χ1v) is 9.79. The largest absolute Gasteiger partial charge is 0.418 e. The van der Waals surface area contributed by atoms with Gasteiger partial charge >= 0.3 is 6.18 Å². The van der Waals surface area contributed by atoms with Gasteiger partial charge in [0.05, 0.1) is 28.6 Å². The summed E-state index contributed by atoms with van der Waals surface area (Å²) < 4.78 is 48.1. The molecule has 0 saturated carbocycles. The molecule has 4 aromatic rings. The van der Waals surface area contributed by atoms with Crippen molar-refractivity contribution in [3.8, 4) is 16.8 Å². The minimum atomic E-state index is -4.63. The molecule has 0 saturated heterocycles. The number of thiophene rings is 1. The average Bonchev–Trinajstić information content (AvgIpc) is 3.41. The van der Waals surface area contributed by atoms with Crippen LogP contribution in [0.5, 0.6) is 0 Å². The molecule has 0 bridgehead atoms. The van der Waals surface area contributed by atoms with E-state index in [9.17, 15) is 13.2 Å². The van der Waals surface area contributed by atoms with Crippen molar-refractivity contribution in [3.05, 3.63) is 58.4 Å². The van der Waals surface area contributed by atoms with Gasteiger partial charge in [0, 0.05) is 16.6 Å². The highest BCUT2D eigenvalue weighted by Crippen LogP contribution is 2.39. The third-order valence-corrected chi connectivity index (χ3v) is 5.44. The fourth-order valence-electron chi connectivity index (χ4n) is 3.40. The van der Waals surface area contributed by atoms with Gasteiger partial charge in [-0.2, -0.15) is 23.4 Å². The maximum atomic E-state index is 13.7. The number of fused-ring (bicyclic) bond motifs is 1. The second-order valence-corrected chi connectivity index (χ2v) is 7.44. The Morgan fingerprint density at radius 2 is 2.10 bits per heavy atom. The van der Waals surface area contributed by atoms with Crippen LogP contribution in [0.2, 0.25) is 0 Å². The Kier molecular flexibility index (Phi) is 4.88. The molecular weight excluding hydrogens is 401 g/mol. The lowest BCUT2D eigenvalue weighted by Gasteiger charge is -2.11. The standard InChI is InChI=1S/C20H15F3N4OS/c1-2-4-13-9-14-15(7-6-12(10-24)18(14)20(21,22)23)27(13)11-17-25-19(28-26-17)16-5-3-8-29-16/h3,5-9H,2,4,11H2,1H3. The molecule has 0 atom stereocenters. The number of nitriles is 1. The maximum Gasteiger partial charge on any atom is 0.418 e. The number of rotatable bonds is 5. The smallest absolute Gasteiger partial charge is 0.337 e. The normalized spacial score (nSPS) is 11.8. The van der Waals surface area contributed by atoms with E-state index in [4.69, 9.17) is 9.78 Å². The zero-order valence-electron chi connectivity index (χ0n) is 15.3. The molecule has 0 unspecified atom stereocenters. The number of benzene rings is 1. The van der Waals surface area contributed by atoms with Crippen molar-refractivity contribution >= 4 is 22.2 Å². The van der Waals surface area contributed by atoms with Gasteiger partial charge in [-0.15, -0.1) is 11.3 Å². The molecule has 0 aliphatic heterocycles. The van der Waals surface area contributed by atoms with Gasteiger partial charge in [0.1, 0.15) is 0 Å². The van der Waals surface area contributed by atoms with Gasteiger partial charge in [0.15, 0.2) is 5.82 Å². The van der Waals surface area contributed by atoms with E-state index in [1.54, 1.807) is 16.7 Å². The summed E-state index contributed by atoms with van der Waals surface area (Å²) >= 11 is 1.46. The van der Waals surface area contributed by atoms with Crippen LogP contribution in [0.3, 0.4) is 0 Å². The zero-order valence-corrected chi connectivity index (χ0v) is 16.1. The Balaban J connectivity index is 1.83. The third-order valence-electron chi connectivity index (χ3n) is 4.58. The summed E-state index contributed by atoms with van der Waals surface area (Å²) in [6.07, 6.45) is -3.28. The highest BCUT2D eigenvalue weighted by molar-refractivity contribution is 7.13. The molecule has 3 heterocycles. The van der Waals surface area contributed by atoms with E-state index in [1.807, 2.05) is 24.4 Å². The SMILES string of the molecule is CCCc1cc2c(C(F)(F)F)c(C#N)ccc2n1Cc1noc(-c2cccs2)n1. The van der Waals surface area contributed by atoms with Gasteiger partial charge in [0.25, 0.3) is 5.89 Å². The van der Waals surface area contributed by atoms with Crippen LogP contribution < -0.4 is 0 Å². The predicted molar refractivity (Wildman–Crippen MR) is 102 cm³/mol. The predicted octanol–water partition coefficient (Wildman–Crippen LogP) is 5.64. The first-order chi connectivity index (χ1) is 13.9. The minimum Gasteiger partial charge on any atom is -0.337 e. The van der Waals surface area contributed by atoms with Gasteiger partial charge < -0.3 is 9.09 Å². The molecule has 148 valence electrons. The molecule has 1 aromatic carbocycles. The first-order valence-electron chi connectivity index (χ1n) is 8.91. The number of halogens is 3. The molecule has 0 fully saturated rings. The highest BCUT2D eigenvalue weighted by Gasteiger charge is 2.36. The van der Waals surface area contributed by atoms with Crippen LogP contribution in [0.4, 0.5) is 13.2 Å². The van der Waals surface area contributed by atoms with Crippen molar-refractivity contribution in [1.82, 2.24) is 14.7 Å². The molecular formula is C20H15F3N4OS. The van der Waals surface area contributed by atoms with Crippen LogP contribution in [-0.4, -0.2) is 14.7 Å². The van der Waals surface area contributed by atoms with Crippen molar-refractivity contribution in [2.24, 2.45) is 0 Å². The number of alkyl halides is 3. The first kappa shape index (κ1) is 19.2. The van der Waals surface area contributed by atoms with Crippen molar-refractivity contribution < 1.29 is 17.7 Å². The van der Waals surface area contributed by atoms with E-state index in [1.165, 1.54) is 23.5 Å². The Hall–Kier alpha value is -3.12. The van der Waals surface area contributed by atoms with Crippen LogP contribution in [0.25, 0.3) is 21.7 Å². The van der Waals surface area contributed by atoms with E-state index in [0.717, 1.165) is 17.0 Å². The summed E-state index contributed by atoms with van der Waals surface area (Å²) in [5.74, 6) is 0.757. The van der Waals surface area contributed by atoms with E-state index >= 15 is 0 Å². The van der Waals surface area contributed by atoms with Crippen LogP contribution >= 0.6 is 11.3 Å². The highest BCUT2D eigenvalue weighted by atomic mass is 32.1. The topological polar surface area (TPSA) is 67.6 Å². The minimum absolute atomic E-state index is 0.0157. The molecule has 0 N–H and O–H groups in total. The van der Waals surface area contributed by atoms with E-state index in [0.29, 0.717) is 23.7 Å². The van der Waals surface area contributed by atoms with Crippen LogP contribution in [0, 0.1) is 11.3 Å². The van der Waals surface area contributed by atoms with Crippen molar-refractivity contribution in [3.63, 3.8) is 0 Å². The second-order valence-electron chi connectivity index (χ2n) is 6.50. The molecule has 5 nitrogen and oxygen atoms in total. The van der Waals surface area contributed by atoms with E-state index < -0.39 is 11.7 Å². The summed E-state index contributed by atoms with van der Waals surface area (Å²) in [5.41, 5.74) is -0.168. The fraction of sp³-hybridized carbons (Fsp3) is 0.250. The van der Waals surface area contributed by atoms with Gasteiger partial charge in [-0.3, -0.25) is 0 Å². The van der Waals surface area contributed by atoms with Gasteiger partial charge in [-0.1, -0.05) is 24.6 Å². The third kappa shape index (κ3) is 3.51. The number of hydrogen-bond acceptors (Lipinski definition) is 5. The average molecular weight is 416 g/mol. The molecule has 0 spiro atoms. The van der Waals surface area contributed by atoms with Crippen LogP contribution in [0.1, 0.15) is 36.0 Å². The number of aromatic nitrogens is 3. The lowest BCUT2D eigenvalue weighted by Crippen LogP contribution is -2.09. The lowest BCUT2D eigenvalue weighted by atomic mass is 10.0. The fourth-order valence-corrected chi connectivity index (χ4v) is 4.04. The summed E-state index contributed by atoms with van der Waals surface area (Å²) in [5, 5.41) is 15.1. The summed E-state index contributed by atoms with van der Waals surface area (Å²) in [6.45, 7) is 2.13. The quantitative estimate of drug-likeness (QED) is 0.422. The maximum absolute atomic E-state index is 13.7. The van der Waals surface area contributed by atoms with Crippen molar-refractivity contribution in [2.45, 2.75) is 32.5 Å². The van der Waals surface area contributed by atoms with Gasteiger partial charge in [-0.25, -0.2) is 0 Å². The van der Waals surface area contributed by atoms with E-state index in [2.05, 4.69) is 10.1 Å². The zero-order chi connectivity index (χ0) is 20.6. The summed E-state index contributed by atoms with van der Waals surface area (Å²) in [7, 11) is 0. The van der Waals surface area contributed by atoms with Crippen molar-refractivity contribution in [2.75, 3.05) is 0 Å². The van der Waals surface area contributed by atoms with E-state index in [-0.39, 0.29) is 17.5 Å². The van der Waals surface area contributed by atoms with Crippen LogP contribution in [0.15, 0.2) is 40.2 Å². The second kappa shape index (κ2) is 7.37. The molecule has 0 amide bonds. The molecule has 29 heavy (non-hydrogen) atoms. The van der Waals surface area contributed by atoms with Crippen molar-refractivity contribution in [1.29, 1.82) is 5.26 Å². The number of nitrogens with zero attached hydrogens (tertiary/aromatic N) is 4. The molecule has 0 radical (unpaired) electrons. The number of aryl methyl sites for hydroxylation is 1.